The summed E-state index contributed by atoms with van der Waals surface area (Å²) in [6.45, 7) is 6.03. The molecule has 1 aromatic heterocycles. The van der Waals surface area contributed by atoms with Crippen LogP contribution in [0, 0.1) is 6.92 Å². The third kappa shape index (κ3) is 2.81. The van der Waals surface area contributed by atoms with E-state index < -0.39 is 0 Å². The number of aromatic nitrogens is 1. The van der Waals surface area contributed by atoms with Gasteiger partial charge in [0.2, 0.25) is 5.78 Å². The zero-order valence-corrected chi connectivity index (χ0v) is 13.1. The van der Waals surface area contributed by atoms with Crippen LogP contribution in [0.2, 0.25) is 0 Å². The molecule has 6 heteroatoms. The first-order chi connectivity index (χ1) is 9.43. The van der Waals surface area contributed by atoms with Crippen molar-refractivity contribution in [3.8, 4) is 0 Å². The van der Waals surface area contributed by atoms with Crippen LogP contribution in [0.5, 0.6) is 0 Å². The van der Waals surface area contributed by atoms with Crippen LogP contribution in [0.15, 0.2) is 11.8 Å². The van der Waals surface area contributed by atoms with Gasteiger partial charge in [0.05, 0.1) is 10.7 Å². The van der Waals surface area contributed by atoms with Gasteiger partial charge in [-0.3, -0.25) is 9.59 Å². The number of carbonyl (C=O) groups is 2. The van der Waals surface area contributed by atoms with E-state index in [4.69, 9.17) is 0 Å². The van der Waals surface area contributed by atoms with Crippen LogP contribution in [0.4, 0.5) is 0 Å². The summed E-state index contributed by atoms with van der Waals surface area (Å²) < 4.78 is 0. The Morgan fingerprint density at radius 3 is 2.55 bits per heavy atom. The molecule has 0 spiro atoms. The fraction of sp³-hybridized carbons (Fsp3) is 0.500. The Hall–Kier alpha value is -1.53. The summed E-state index contributed by atoms with van der Waals surface area (Å²) in [5.41, 5.74) is 0.787. The lowest BCUT2D eigenvalue weighted by Crippen LogP contribution is -2.36. The lowest BCUT2D eigenvalue weighted by Gasteiger charge is -2.27. The summed E-state index contributed by atoms with van der Waals surface area (Å²) in [7, 11) is 3.97. The molecule has 108 valence electrons. The van der Waals surface area contributed by atoms with Gasteiger partial charge >= 0.3 is 0 Å². The van der Waals surface area contributed by atoms with Gasteiger partial charge in [-0.15, -0.1) is 11.3 Å². The number of nitrogens with zero attached hydrogens (tertiary/aromatic N) is 3. The van der Waals surface area contributed by atoms with E-state index >= 15 is 0 Å². The highest BCUT2D eigenvalue weighted by molar-refractivity contribution is 7.14. The van der Waals surface area contributed by atoms with Crippen molar-refractivity contribution >= 4 is 22.9 Å². The topological polar surface area (TPSA) is 53.5 Å². The van der Waals surface area contributed by atoms with Crippen LogP contribution in [-0.2, 0) is 0 Å². The van der Waals surface area contributed by atoms with E-state index in [0.717, 1.165) is 11.6 Å². The molecule has 1 aliphatic rings. The molecule has 2 rings (SSSR count). The van der Waals surface area contributed by atoms with Crippen molar-refractivity contribution in [2.75, 3.05) is 33.7 Å². The van der Waals surface area contributed by atoms with Crippen molar-refractivity contribution in [2.24, 2.45) is 0 Å². The van der Waals surface area contributed by atoms with Crippen molar-refractivity contribution in [3.05, 3.63) is 27.4 Å². The lowest BCUT2D eigenvalue weighted by molar-refractivity contribution is 0.0948. The summed E-state index contributed by atoms with van der Waals surface area (Å²) in [6.07, 6.45) is 1.46. The van der Waals surface area contributed by atoms with E-state index in [-0.39, 0.29) is 11.6 Å². The summed E-state index contributed by atoms with van der Waals surface area (Å²) in [4.78, 5) is 33.3. The zero-order valence-electron chi connectivity index (χ0n) is 12.3. The third-order valence-corrected chi connectivity index (χ3v) is 4.20. The highest BCUT2D eigenvalue weighted by atomic mass is 32.1. The minimum atomic E-state index is -0.135. The molecule has 20 heavy (non-hydrogen) atoms. The van der Waals surface area contributed by atoms with Gasteiger partial charge in [0.15, 0.2) is 5.78 Å². The van der Waals surface area contributed by atoms with Gasteiger partial charge in [-0.2, -0.15) is 0 Å². The molecule has 1 aliphatic carbocycles. The number of aryl methyl sites for hydroxylation is 1. The Morgan fingerprint density at radius 2 is 1.95 bits per heavy atom. The van der Waals surface area contributed by atoms with Crippen LogP contribution in [0.1, 0.15) is 32.1 Å². The van der Waals surface area contributed by atoms with Gasteiger partial charge in [0.25, 0.3) is 0 Å². The highest BCUT2D eigenvalue weighted by Gasteiger charge is 2.31. The molecule has 0 amide bonds. The van der Waals surface area contributed by atoms with Crippen LogP contribution >= 0.6 is 11.3 Å². The Labute approximate surface area is 122 Å². The Balaban J connectivity index is 2.28. The molecule has 0 saturated carbocycles. The summed E-state index contributed by atoms with van der Waals surface area (Å²) in [6, 6.07) is 0. The fourth-order valence-corrected chi connectivity index (χ4v) is 2.96. The van der Waals surface area contributed by atoms with E-state index in [1.807, 2.05) is 32.8 Å². The number of ketones is 2. The largest absolute Gasteiger partial charge is 0.367 e. The molecule has 0 aromatic carbocycles. The molecule has 0 unspecified atom stereocenters. The molecular formula is C14H19N3O2S. The van der Waals surface area contributed by atoms with Crippen LogP contribution in [0.25, 0.3) is 0 Å². The minimum Gasteiger partial charge on any atom is -0.367 e. The van der Waals surface area contributed by atoms with Gasteiger partial charge < -0.3 is 9.80 Å². The predicted molar refractivity (Wildman–Crippen MR) is 79.4 cm³/mol. The first-order valence-corrected chi connectivity index (χ1v) is 7.43. The lowest BCUT2D eigenvalue weighted by atomic mass is 10.0. The second kappa shape index (κ2) is 5.85. The summed E-state index contributed by atoms with van der Waals surface area (Å²) in [5.74, 6) is -0.243. The molecule has 0 radical (unpaired) electrons. The Morgan fingerprint density at radius 1 is 1.25 bits per heavy atom. The molecule has 0 N–H and O–H groups in total. The van der Waals surface area contributed by atoms with Crippen molar-refractivity contribution in [3.63, 3.8) is 0 Å². The maximum absolute atomic E-state index is 12.5. The maximum atomic E-state index is 12.5. The van der Waals surface area contributed by atoms with E-state index in [0.29, 0.717) is 29.4 Å². The molecule has 1 heterocycles. The molecular weight excluding hydrogens is 274 g/mol. The number of hydrogen-bond donors (Lipinski definition) is 0. The minimum absolute atomic E-state index is 0.108. The smallest absolute Gasteiger partial charge is 0.229 e. The average Bonchev–Trinajstić information content (AvgIpc) is 2.78. The van der Waals surface area contributed by atoms with Gasteiger partial charge in [-0.25, -0.2) is 4.98 Å². The Bertz CT molecular complexity index is 575. The van der Waals surface area contributed by atoms with Gasteiger partial charge in [0.1, 0.15) is 10.6 Å². The number of hydrogen-bond acceptors (Lipinski definition) is 6. The molecule has 1 aromatic rings. The van der Waals surface area contributed by atoms with Gasteiger partial charge in [-0.1, -0.05) is 0 Å². The normalized spacial score (nSPS) is 14.6. The molecule has 0 fully saturated rings. The van der Waals surface area contributed by atoms with Gasteiger partial charge in [0, 0.05) is 25.7 Å². The number of fused-ring (bicyclic) bond motifs is 1. The zero-order chi connectivity index (χ0) is 14.9. The fourth-order valence-electron chi connectivity index (χ4n) is 2.13. The molecule has 0 aliphatic heterocycles. The highest BCUT2D eigenvalue weighted by Crippen LogP contribution is 2.27. The SMILES string of the molecule is CCN(CCN(C)C)C1=CC(=O)c2sc(C)nc2C1=O. The average molecular weight is 293 g/mol. The van der Waals surface area contributed by atoms with E-state index in [9.17, 15) is 9.59 Å². The second-order valence-electron chi connectivity index (χ2n) is 5.02. The first-order valence-electron chi connectivity index (χ1n) is 6.61. The monoisotopic (exact) mass is 293 g/mol. The number of carbonyl (C=O) groups excluding carboxylic acids is 2. The summed E-state index contributed by atoms with van der Waals surface area (Å²) >= 11 is 1.29. The number of Topliss-reactive ketones (excluding diaryl/α,β-unsaturated/α-hetero) is 1. The van der Waals surface area contributed by atoms with Crippen LogP contribution in [0.3, 0.4) is 0 Å². The number of rotatable bonds is 5. The van der Waals surface area contributed by atoms with E-state index in [1.54, 1.807) is 0 Å². The van der Waals surface area contributed by atoms with E-state index in [2.05, 4.69) is 9.88 Å². The quantitative estimate of drug-likeness (QED) is 0.825. The van der Waals surface area contributed by atoms with Gasteiger partial charge in [-0.05, 0) is 27.9 Å². The van der Waals surface area contributed by atoms with Crippen molar-refractivity contribution in [2.45, 2.75) is 13.8 Å². The second-order valence-corrected chi connectivity index (χ2v) is 6.22. The van der Waals surface area contributed by atoms with Crippen LogP contribution in [-0.4, -0.2) is 60.1 Å². The van der Waals surface area contributed by atoms with Crippen LogP contribution < -0.4 is 0 Å². The van der Waals surface area contributed by atoms with Crippen molar-refractivity contribution < 1.29 is 9.59 Å². The standard InChI is InChI=1S/C14H19N3O2S/c1-5-17(7-6-16(3)4)10-8-11(18)14-12(13(10)19)15-9(2)20-14/h8H,5-7H2,1-4H3. The Kier molecular flexibility index (Phi) is 4.35. The number of allylic oxidation sites excluding steroid dienone is 2. The molecule has 0 bridgehead atoms. The summed E-state index contributed by atoms with van der Waals surface area (Å²) in [5, 5.41) is 0.752. The van der Waals surface area contributed by atoms with E-state index in [1.165, 1.54) is 17.4 Å². The first kappa shape index (κ1) is 14.9. The molecule has 0 atom stereocenters. The number of likely N-dealkylation sites (N-methyl/N-ethyl adjacent to an activating group) is 2. The number of thiazole rings is 1. The van der Waals surface area contributed by atoms with Crippen molar-refractivity contribution in [1.82, 2.24) is 14.8 Å². The third-order valence-electron chi connectivity index (χ3n) is 3.21. The maximum Gasteiger partial charge on any atom is 0.229 e. The molecule has 0 saturated heterocycles. The van der Waals surface area contributed by atoms with Crippen molar-refractivity contribution in [1.29, 1.82) is 0 Å². The predicted octanol–water partition coefficient (Wildman–Crippen LogP) is 1.60. The molecule has 5 nitrogen and oxygen atoms in total.